The van der Waals surface area contributed by atoms with Crippen LogP contribution in [0.3, 0.4) is 0 Å². The highest BCUT2D eigenvalue weighted by Crippen LogP contribution is 2.33. The second kappa shape index (κ2) is 6.64. The highest BCUT2D eigenvalue weighted by atomic mass is 35.5. The molecule has 0 radical (unpaired) electrons. The first-order valence-corrected chi connectivity index (χ1v) is 8.95. The largest absolute Gasteiger partial charge is 0.324 e. The maximum atomic E-state index is 5.99. The van der Waals surface area contributed by atoms with Crippen molar-refractivity contribution in [3.63, 3.8) is 0 Å². The summed E-state index contributed by atoms with van der Waals surface area (Å²) < 4.78 is 1.04. The Morgan fingerprint density at radius 3 is 2.82 bits per heavy atom. The predicted octanol–water partition coefficient (Wildman–Crippen LogP) is 5.03. The first-order valence-electron chi connectivity index (χ1n) is 6.53. The lowest BCUT2D eigenvalue weighted by atomic mass is 10.3. The lowest BCUT2D eigenvalue weighted by Gasteiger charge is -2.06. The number of anilines is 2. The van der Waals surface area contributed by atoms with Gasteiger partial charge < -0.3 is 5.32 Å². The van der Waals surface area contributed by atoms with Crippen LogP contribution in [0.15, 0.2) is 40.9 Å². The molecule has 3 aromatic rings. The van der Waals surface area contributed by atoms with Gasteiger partial charge in [0.1, 0.15) is 0 Å². The van der Waals surface area contributed by atoms with Gasteiger partial charge in [-0.2, -0.15) is 0 Å². The fourth-order valence-corrected chi connectivity index (χ4v) is 3.71. The van der Waals surface area contributed by atoms with Gasteiger partial charge >= 0.3 is 0 Å². The predicted molar refractivity (Wildman–Crippen MR) is 94.4 cm³/mol. The summed E-state index contributed by atoms with van der Waals surface area (Å²) in [5.74, 6) is 0.540. The number of rotatable bonds is 4. The van der Waals surface area contributed by atoms with Crippen LogP contribution in [0.5, 0.6) is 0 Å². The third-order valence-corrected chi connectivity index (χ3v) is 5.32. The Kier molecular flexibility index (Phi) is 4.61. The van der Waals surface area contributed by atoms with Crippen molar-refractivity contribution in [3.8, 4) is 10.6 Å². The zero-order chi connectivity index (χ0) is 15.5. The molecule has 0 amide bonds. The minimum absolute atomic E-state index is 0.540. The summed E-state index contributed by atoms with van der Waals surface area (Å²) in [5.41, 5.74) is 2.71. The van der Waals surface area contributed by atoms with E-state index in [0.29, 0.717) is 11.0 Å². The van der Waals surface area contributed by atoms with Crippen LogP contribution in [0.4, 0.5) is 11.6 Å². The number of thioether (sulfide) groups is 1. The minimum Gasteiger partial charge on any atom is -0.324 e. The van der Waals surface area contributed by atoms with Crippen molar-refractivity contribution >= 4 is 46.3 Å². The summed E-state index contributed by atoms with van der Waals surface area (Å²) in [4.78, 5) is 14.4. The maximum Gasteiger partial charge on any atom is 0.227 e. The average Bonchev–Trinajstić information content (AvgIpc) is 2.89. The highest BCUT2D eigenvalue weighted by molar-refractivity contribution is 8.00. The molecule has 0 fully saturated rings. The molecular formula is C15H13ClN4S2. The van der Waals surface area contributed by atoms with Crippen molar-refractivity contribution in [2.24, 2.45) is 0 Å². The van der Waals surface area contributed by atoms with Gasteiger partial charge in [-0.1, -0.05) is 29.4 Å². The van der Waals surface area contributed by atoms with Gasteiger partial charge in [0.25, 0.3) is 0 Å². The molecule has 1 aromatic carbocycles. The Balaban J connectivity index is 1.90. The fourth-order valence-electron chi connectivity index (χ4n) is 1.94. The smallest absolute Gasteiger partial charge is 0.227 e. The van der Waals surface area contributed by atoms with Crippen LogP contribution in [0, 0.1) is 6.92 Å². The van der Waals surface area contributed by atoms with Gasteiger partial charge in [0, 0.05) is 16.9 Å². The van der Waals surface area contributed by atoms with Gasteiger partial charge in [-0.3, -0.25) is 0 Å². The molecule has 0 aliphatic heterocycles. The van der Waals surface area contributed by atoms with Gasteiger partial charge in [0.2, 0.25) is 5.95 Å². The number of hydrogen-bond acceptors (Lipinski definition) is 6. The molecule has 112 valence electrons. The van der Waals surface area contributed by atoms with Crippen molar-refractivity contribution in [1.82, 2.24) is 15.0 Å². The number of halogens is 1. The van der Waals surface area contributed by atoms with Crippen molar-refractivity contribution in [2.75, 3.05) is 11.6 Å². The molecule has 4 nitrogen and oxygen atoms in total. The third kappa shape index (κ3) is 3.40. The van der Waals surface area contributed by atoms with Gasteiger partial charge in [-0.05, 0) is 37.4 Å². The molecule has 1 N–H and O–H groups in total. The Morgan fingerprint density at radius 2 is 2.09 bits per heavy atom. The van der Waals surface area contributed by atoms with E-state index in [2.05, 4.69) is 20.3 Å². The summed E-state index contributed by atoms with van der Waals surface area (Å²) in [6, 6.07) is 9.36. The van der Waals surface area contributed by atoms with E-state index in [1.807, 2.05) is 43.5 Å². The maximum absolute atomic E-state index is 5.99. The summed E-state index contributed by atoms with van der Waals surface area (Å²) >= 11 is 9.27. The number of nitrogens with one attached hydrogen (secondary N) is 1. The Hall–Kier alpha value is -1.63. The first kappa shape index (κ1) is 15.3. The van der Waals surface area contributed by atoms with Crippen LogP contribution in [-0.2, 0) is 0 Å². The molecule has 0 saturated carbocycles. The number of nitrogens with zero attached hydrogens (tertiary/aromatic N) is 3. The monoisotopic (exact) mass is 348 g/mol. The molecule has 2 aromatic heterocycles. The van der Waals surface area contributed by atoms with Crippen molar-refractivity contribution < 1.29 is 0 Å². The topological polar surface area (TPSA) is 50.7 Å². The van der Waals surface area contributed by atoms with Crippen molar-refractivity contribution in [2.45, 2.75) is 11.3 Å². The lowest BCUT2D eigenvalue weighted by molar-refractivity contribution is 1.14. The molecule has 0 saturated heterocycles. The average molecular weight is 349 g/mol. The van der Waals surface area contributed by atoms with Crippen molar-refractivity contribution in [3.05, 3.63) is 47.2 Å². The number of aromatic nitrogens is 3. The SMILES string of the molecule is CSc1nc(C)c(-c2ccnc(Nc3cccc(Cl)c3)n2)s1. The second-order valence-corrected chi connectivity index (χ2v) is 6.99. The van der Waals surface area contributed by atoms with Gasteiger partial charge in [0.15, 0.2) is 4.34 Å². The summed E-state index contributed by atoms with van der Waals surface area (Å²) in [5, 5.41) is 3.84. The van der Waals surface area contributed by atoms with E-state index >= 15 is 0 Å². The Bertz CT molecular complexity index is 804. The van der Waals surface area contributed by atoms with Gasteiger partial charge in [-0.15, -0.1) is 11.3 Å². The van der Waals surface area contributed by atoms with Gasteiger partial charge in [-0.25, -0.2) is 15.0 Å². The molecule has 0 atom stereocenters. The van der Waals surface area contributed by atoms with Crippen LogP contribution in [0.25, 0.3) is 10.6 Å². The van der Waals surface area contributed by atoms with E-state index in [-0.39, 0.29) is 0 Å². The van der Waals surface area contributed by atoms with E-state index in [1.165, 1.54) is 0 Å². The van der Waals surface area contributed by atoms with Crippen molar-refractivity contribution in [1.29, 1.82) is 0 Å². The van der Waals surface area contributed by atoms with E-state index in [1.54, 1.807) is 29.3 Å². The number of hydrogen-bond donors (Lipinski definition) is 1. The zero-order valence-electron chi connectivity index (χ0n) is 12.0. The molecule has 0 bridgehead atoms. The molecule has 0 aliphatic rings. The van der Waals surface area contributed by atoms with Crippen LogP contribution in [-0.4, -0.2) is 21.2 Å². The quantitative estimate of drug-likeness (QED) is 0.670. The normalized spacial score (nSPS) is 10.7. The second-order valence-electron chi connectivity index (χ2n) is 4.50. The third-order valence-electron chi connectivity index (χ3n) is 2.92. The Morgan fingerprint density at radius 1 is 1.23 bits per heavy atom. The molecule has 3 rings (SSSR count). The molecular weight excluding hydrogens is 336 g/mol. The van der Waals surface area contributed by atoms with Crippen LogP contribution in [0.1, 0.15) is 5.69 Å². The molecule has 7 heteroatoms. The molecule has 0 spiro atoms. The fraction of sp³-hybridized carbons (Fsp3) is 0.133. The van der Waals surface area contributed by atoms with E-state index in [0.717, 1.165) is 26.3 Å². The summed E-state index contributed by atoms with van der Waals surface area (Å²) in [6.07, 6.45) is 3.77. The molecule has 22 heavy (non-hydrogen) atoms. The summed E-state index contributed by atoms with van der Waals surface area (Å²) in [7, 11) is 0. The molecule has 2 heterocycles. The van der Waals surface area contributed by atoms with Crippen LogP contribution >= 0.6 is 34.7 Å². The Labute approximate surface area is 142 Å². The number of thiazole rings is 1. The number of aryl methyl sites for hydroxylation is 1. The van der Waals surface area contributed by atoms with E-state index < -0.39 is 0 Å². The van der Waals surface area contributed by atoms with E-state index in [9.17, 15) is 0 Å². The summed E-state index contributed by atoms with van der Waals surface area (Å²) in [6.45, 7) is 2.00. The molecule has 0 unspecified atom stereocenters. The standard InChI is InChI=1S/C15H13ClN4S2/c1-9-13(22-15(18-9)21-2)12-6-7-17-14(20-12)19-11-5-3-4-10(16)8-11/h3-8H,1-2H3,(H,17,19,20). The lowest BCUT2D eigenvalue weighted by Crippen LogP contribution is -1.97. The minimum atomic E-state index is 0.540. The first-order chi connectivity index (χ1) is 10.7. The van der Waals surface area contributed by atoms with Crippen LogP contribution in [0.2, 0.25) is 5.02 Å². The molecule has 0 aliphatic carbocycles. The highest BCUT2D eigenvalue weighted by Gasteiger charge is 2.11. The van der Waals surface area contributed by atoms with Gasteiger partial charge in [0.05, 0.1) is 16.3 Å². The number of benzene rings is 1. The zero-order valence-corrected chi connectivity index (χ0v) is 14.4. The van der Waals surface area contributed by atoms with Crippen LogP contribution < -0.4 is 5.32 Å². The van der Waals surface area contributed by atoms with E-state index in [4.69, 9.17) is 11.6 Å².